The number of nitrogens with one attached hydrogen (secondary N) is 1. The number of aliphatic hydroxyl groups excluding tert-OH is 2. The third-order valence-electron chi connectivity index (χ3n) is 4.59. The van der Waals surface area contributed by atoms with Crippen molar-refractivity contribution in [2.75, 3.05) is 5.73 Å². The molecule has 0 bridgehead atoms. The Morgan fingerprint density at radius 2 is 1.96 bits per heavy atom. The molecule has 2 aromatic rings. The number of nitrogen functional groups attached to an aromatic ring is 1. The zero-order valence-electron chi connectivity index (χ0n) is 13.8. The molecule has 11 heteroatoms. The molecule has 140 valence electrons. The summed E-state index contributed by atoms with van der Waals surface area (Å²) in [7, 11) is 0. The molecule has 2 aromatic heterocycles. The van der Waals surface area contributed by atoms with E-state index >= 15 is 0 Å². The van der Waals surface area contributed by atoms with E-state index in [-0.39, 0.29) is 18.7 Å². The van der Waals surface area contributed by atoms with Crippen molar-refractivity contribution < 1.29 is 24.9 Å². The zero-order valence-corrected chi connectivity index (χ0v) is 13.8. The summed E-state index contributed by atoms with van der Waals surface area (Å²) in [5, 5.41) is 32.1. The number of fused-ring (bicyclic) bond motifs is 1. The molecule has 0 saturated heterocycles. The van der Waals surface area contributed by atoms with E-state index in [1.165, 1.54) is 12.7 Å². The van der Waals surface area contributed by atoms with Gasteiger partial charge < -0.3 is 30.9 Å². The van der Waals surface area contributed by atoms with Crippen molar-refractivity contribution in [2.24, 2.45) is 0 Å². The quantitative estimate of drug-likeness (QED) is 0.436. The van der Waals surface area contributed by atoms with Crippen LogP contribution >= 0.6 is 0 Å². The fourth-order valence-electron chi connectivity index (χ4n) is 3.23. The number of nitrogens with zero attached hydrogens (tertiary/aromatic N) is 4. The van der Waals surface area contributed by atoms with Gasteiger partial charge in [-0.05, 0) is 12.8 Å². The maximum atomic E-state index is 11.8. The minimum Gasteiger partial charge on any atom is -0.481 e. The minimum atomic E-state index is -1.21. The highest BCUT2D eigenvalue weighted by atomic mass is 16.4. The van der Waals surface area contributed by atoms with Crippen LogP contribution in [0.25, 0.3) is 11.2 Å². The molecule has 3 rings (SSSR count). The number of rotatable bonds is 5. The molecule has 1 amide bonds. The number of carboxylic acids is 1. The van der Waals surface area contributed by atoms with Crippen LogP contribution in [0, 0.1) is 0 Å². The van der Waals surface area contributed by atoms with Crippen LogP contribution < -0.4 is 11.1 Å². The first-order chi connectivity index (χ1) is 12.4. The smallest absolute Gasteiger partial charge is 0.303 e. The van der Waals surface area contributed by atoms with Crippen molar-refractivity contribution in [3.8, 4) is 0 Å². The van der Waals surface area contributed by atoms with E-state index < -0.39 is 36.2 Å². The van der Waals surface area contributed by atoms with Crippen molar-refractivity contribution in [2.45, 2.75) is 50.0 Å². The van der Waals surface area contributed by atoms with Gasteiger partial charge in [0.25, 0.3) is 0 Å². The monoisotopic (exact) mass is 364 g/mol. The lowest BCUT2D eigenvalue weighted by Gasteiger charge is -2.38. The van der Waals surface area contributed by atoms with E-state index in [2.05, 4.69) is 20.3 Å². The molecule has 2 heterocycles. The van der Waals surface area contributed by atoms with Gasteiger partial charge in [-0.15, -0.1) is 0 Å². The molecule has 1 aliphatic carbocycles. The largest absolute Gasteiger partial charge is 0.481 e. The van der Waals surface area contributed by atoms with Gasteiger partial charge in [0.15, 0.2) is 11.5 Å². The van der Waals surface area contributed by atoms with Crippen molar-refractivity contribution in [3.05, 3.63) is 12.7 Å². The molecular weight excluding hydrogens is 344 g/mol. The summed E-state index contributed by atoms with van der Waals surface area (Å²) in [6.07, 6.45) is 0.804. The zero-order chi connectivity index (χ0) is 18.8. The van der Waals surface area contributed by atoms with Crippen LogP contribution in [0.5, 0.6) is 0 Å². The SMILES string of the molecule is Nc1ncnc2c1ncn2[C@@H]1CC[C@@H](NC(=O)CCC(=O)O)[C@@H](O)[C@@H]1O. The number of aliphatic hydroxyl groups is 2. The molecule has 26 heavy (non-hydrogen) atoms. The Hall–Kier alpha value is -2.79. The highest BCUT2D eigenvalue weighted by molar-refractivity contribution is 5.81. The van der Waals surface area contributed by atoms with E-state index in [0.29, 0.717) is 24.0 Å². The molecular formula is C15H20N6O5. The lowest BCUT2D eigenvalue weighted by Crippen LogP contribution is -2.54. The average Bonchev–Trinajstić information content (AvgIpc) is 3.03. The second-order valence-corrected chi connectivity index (χ2v) is 6.28. The van der Waals surface area contributed by atoms with Crippen LogP contribution in [0.4, 0.5) is 5.82 Å². The number of imidazole rings is 1. The first-order valence-corrected chi connectivity index (χ1v) is 8.18. The van der Waals surface area contributed by atoms with E-state index in [1.54, 1.807) is 4.57 Å². The highest BCUT2D eigenvalue weighted by Crippen LogP contribution is 2.32. The Kier molecular flexibility index (Phi) is 5.00. The van der Waals surface area contributed by atoms with Crippen LogP contribution in [0.3, 0.4) is 0 Å². The van der Waals surface area contributed by atoms with Crippen LogP contribution in [0.2, 0.25) is 0 Å². The first-order valence-electron chi connectivity index (χ1n) is 8.18. The van der Waals surface area contributed by atoms with Crippen LogP contribution in [0.1, 0.15) is 31.7 Å². The van der Waals surface area contributed by atoms with Crippen LogP contribution in [-0.4, -0.2) is 65.0 Å². The van der Waals surface area contributed by atoms with Gasteiger partial charge in [0.1, 0.15) is 24.1 Å². The number of nitrogens with two attached hydrogens (primary N) is 1. The summed E-state index contributed by atoms with van der Waals surface area (Å²) in [5.41, 5.74) is 6.63. The Bertz CT molecular complexity index is 824. The van der Waals surface area contributed by atoms with Gasteiger partial charge >= 0.3 is 5.97 Å². The summed E-state index contributed by atoms with van der Waals surface area (Å²) in [6.45, 7) is 0. The molecule has 0 aromatic carbocycles. The van der Waals surface area contributed by atoms with Crippen molar-refractivity contribution in [1.82, 2.24) is 24.8 Å². The number of carbonyl (C=O) groups excluding carboxylic acids is 1. The van der Waals surface area contributed by atoms with Crippen molar-refractivity contribution in [3.63, 3.8) is 0 Å². The normalized spacial score (nSPS) is 25.9. The molecule has 1 aliphatic rings. The summed E-state index contributed by atoms with van der Waals surface area (Å²) in [5.74, 6) is -1.32. The standard InChI is InChI=1S/C15H20N6O5/c16-14-11-15(18-5-17-14)21(6-19-11)8-2-1-7(12(25)13(8)26)20-9(22)3-4-10(23)24/h5-8,12-13,25-26H,1-4H2,(H,20,22)(H,23,24)(H2,16,17,18)/t7-,8-,12-,13-/m1/s1. The summed E-state index contributed by atoms with van der Waals surface area (Å²) in [4.78, 5) is 34.5. The maximum absolute atomic E-state index is 11.8. The molecule has 0 aliphatic heterocycles. The Morgan fingerprint density at radius 3 is 2.69 bits per heavy atom. The Morgan fingerprint density at radius 1 is 1.19 bits per heavy atom. The predicted molar refractivity (Wildman–Crippen MR) is 88.8 cm³/mol. The van der Waals surface area contributed by atoms with E-state index in [0.717, 1.165) is 0 Å². The molecule has 6 N–H and O–H groups in total. The summed E-state index contributed by atoms with van der Waals surface area (Å²) < 4.78 is 1.64. The molecule has 4 atom stereocenters. The lowest BCUT2D eigenvalue weighted by atomic mass is 9.85. The predicted octanol–water partition coefficient (Wildman–Crippen LogP) is -1.19. The number of amides is 1. The van der Waals surface area contributed by atoms with Gasteiger partial charge in [-0.1, -0.05) is 0 Å². The van der Waals surface area contributed by atoms with E-state index in [1.807, 2.05) is 0 Å². The van der Waals surface area contributed by atoms with E-state index in [9.17, 15) is 19.8 Å². The molecule has 11 nitrogen and oxygen atoms in total. The number of carboxylic acid groups (broad SMARTS) is 1. The minimum absolute atomic E-state index is 0.180. The van der Waals surface area contributed by atoms with Crippen molar-refractivity contribution in [1.29, 1.82) is 0 Å². The number of hydrogen-bond acceptors (Lipinski definition) is 8. The molecule has 1 fully saturated rings. The number of anilines is 1. The van der Waals surface area contributed by atoms with Gasteiger partial charge in [0, 0.05) is 6.42 Å². The fraction of sp³-hybridized carbons (Fsp3) is 0.533. The van der Waals surface area contributed by atoms with Gasteiger partial charge in [0.2, 0.25) is 5.91 Å². The maximum Gasteiger partial charge on any atom is 0.303 e. The van der Waals surface area contributed by atoms with Gasteiger partial charge in [-0.25, -0.2) is 15.0 Å². The van der Waals surface area contributed by atoms with Crippen LogP contribution in [0.15, 0.2) is 12.7 Å². The number of aliphatic carboxylic acids is 1. The fourth-order valence-corrected chi connectivity index (χ4v) is 3.23. The highest BCUT2D eigenvalue weighted by Gasteiger charge is 2.39. The van der Waals surface area contributed by atoms with Crippen LogP contribution in [-0.2, 0) is 9.59 Å². The molecule has 0 spiro atoms. The molecule has 0 unspecified atom stereocenters. The first kappa shape index (κ1) is 18.0. The summed E-state index contributed by atoms with van der Waals surface area (Å²) in [6, 6.07) is -1.14. The average molecular weight is 364 g/mol. The second kappa shape index (κ2) is 7.22. The van der Waals surface area contributed by atoms with Gasteiger partial charge in [-0.2, -0.15) is 0 Å². The third kappa shape index (κ3) is 3.44. The lowest BCUT2D eigenvalue weighted by molar-refractivity contribution is -0.139. The van der Waals surface area contributed by atoms with Gasteiger partial charge in [0.05, 0.1) is 24.8 Å². The Labute approximate surface area is 147 Å². The Balaban J connectivity index is 1.71. The number of aromatic nitrogens is 4. The summed E-state index contributed by atoms with van der Waals surface area (Å²) >= 11 is 0. The number of carbonyl (C=O) groups is 2. The molecule has 0 radical (unpaired) electrons. The second-order valence-electron chi connectivity index (χ2n) is 6.28. The van der Waals surface area contributed by atoms with Crippen molar-refractivity contribution >= 4 is 28.9 Å². The van der Waals surface area contributed by atoms with Gasteiger partial charge in [-0.3, -0.25) is 9.59 Å². The number of hydrogen-bond donors (Lipinski definition) is 5. The topological polar surface area (TPSA) is 176 Å². The molecule has 1 saturated carbocycles. The third-order valence-corrected chi connectivity index (χ3v) is 4.59. The van der Waals surface area contributed by atoms with E-state index in [4.69, 9.17) is 10.8 Å².